The smallest absolute Gasteiger partial charge is 0.416 e. The molecule has 0 spiro atoms. The van der Waals surface area contributed by atoms with E-state index in [1.165, 1.54) is 0 Å². The minimum absolute atomic E-state index is 0.0136. The van der Waals surface area contributed by atoms with Crippen molar-refractivity contribution in [1.82, 2.24) is 0 Å². The lowest BCUT2D eigenvalue weighted by molar-refractivity contribution is -0.169. The number of hydrogen-bond acceptors (Lipinski definition) is 4. The fraction of sp³-hybridized carbons (Fsp3) is 0.188. The Balaban J connectivity index is 2.27. The summed E-state index contributed by atoms with van der Waals surface area (Å²) in [6, 6.07) is 1.01. The zero-order valence-electron chi connectivity index (χ0n) is 24.9. The first-order chi connectivity index (χ1) is 23.6. The van der Waals surface area contributed by atoms with E-state index in [-0.39, 0.29) is 48.6 Å². The molecule has 1 atom stereocenters. The van der Waals surface area contributed by atoms with Gasteiger partial charge in [0.1, 0.15) is 5.92 Å². The summed E-state index contributed by atoms with van der Waals surface area (Å²) in [6.07, 6.45) is -21.9. The van der Waals surface area contributed by atoms with Gasteiger partial charge in [-0.2, -0.15) is 52.7 Å². The molecule has 4 rings (SSSR count). The Morgan fingerprint density at radius 1 is 0.519 bits per heavy atom. The van der Waals surface area contributed by atoms with E-state index in [1.807, 2.05) is 0 Å². The van der Waals surface area contributed by atoms with Crippen LogP contribution in [0.25, 0.3) is 22.3 Å². The number of carboxylic acid groups (broad SMARTS) is 4. The van der Waals surface area contributed by atoms with Gasteiger partial charge in [0.2, 0.25) is 0 Å². The van der Waals surface area contributed by atoms with Gasteiger partial charge >= 0.3 is 48.6 Å². The minimum Gasteiger partial charge on any atom is -0.481 e. The molecule has 52 heavy (non-hydrogen) atoms. The summed E-state index contributed by atoms with van der Waals surface area (Å²) in [7, 11) is 0. The Morgan fingerprint density at radius 3 is 1.27 bits per heavy atom. The van der Waals surface area contributed by atoms with Crippen LogP contribution in [0.15, 0.2) is 66.7 Å². The first-order valence-electron chi connectivity index (χ1n) is 13.7. The lowest BCUT2D eigenvalue weighted by Gasteiger charge is -2.33. The highest BCUT2D eigenvalue weighted by Gasteiger charge is 2.56. The molecular weight excluding hydrogens is 740 g/mol. The van der Waals surface area contributed by atoms with E-state index in [2.05, 4.69) is 0 Å². The van der Waals surface area contributed by atoms with Crippen molar-refractivity contribution in [1.29, 1.82) is 0 Å². The Hall–Kier alpha value is -5.82. The van der Waals surface area contributed by atoms with Gasteiger partial charge in [-0.15, -0.1) is 0 Å². The van der Waals surface area contributed by atoms with Crippen molar-refractivity contribution in [2.75, 3.05) is 0 Å². The lowest BCUT2D eigenvalue weighted by Crippen LogP contribution is -2.48. The number of aliphatic carboxylic acids is 3. The van der Waals surface area contributed by atoms with Gasteiger partial charge in [0, 0.05) is 0 Å². The van der Waals surface area contributed by atoms with Crippen LogP contribution in [0.3, 0.4) is 0 Å². The third kappa shape index (κ3) is 7.31. The predicted molar refractivity (Wildman–Crippen MR) is 150 cm³/mol. The van der Waals surface area contributed by atoms with Gasteiger partial charge in [-0.3, -0.25) is 14.4 Å². The number of benzene rings is 3. The van der Waals surface area contributed by atoms with Crippen LogP contribution in [-0.4, -0.2) is 44.3 Å². The fourth-order valence-electron chi connectivity index (χ4n) is 5.38. The summed E-state index contributed by atoms with van der Waals surface area (Å²) in [5.74, 6) is -12.0. The second-order valence-corrected chi connectivity index (χ2v) is 11.1. The van der Waals surface area contributed by atoms with Crippen LogP contribution in [0.5, 0.6) is 0 Å². The minimum atomic E-state index is -5.55. The van der Waals surface area contributed by atoms with Crippen LogP contribution in [0.4, 0.5) is 52.7 Å². The van der Waals surface area contributed by atoms with E-state index in [1.54, 1.807) is 0 Å². The van der Waals surface area contributed by atoms with E-state index in [9.17, 15) is 92.3 Å². The van der Waals surface area contributed by atoms with E-state index < -0.39 is 121 Å². The van der Waals surface area contributed by atoms with Gasteiger partial charge in [-0.05, 0) is 88.0 Å². The largest absolute Gasteiger partial charge is 0.481 e. The first kappa shape index (κ1) is 39.0. The van der Waals surface area contributed by atoms with Gasteiger partial charge in [0.25, 0.3) is 0 Å². The normalized spacial score (nSPS) is 16.5. The molecule has 3 aromatic rings. The van der Waals surface area contributed by atoms with Gasteiger partial charge in [-0.1, -0.05) is 12.1 Å². The molecule has 0 radical (unpaired) electrons. The molecule has 0 bridgehead atoms. The molecule has 0 aliphatic heterocycles. The standard InChI is InChI=1S/C32H16F12O8/c33-29(34,35)15-3-13(4-16(8-15)30(36,37)38)20-7-12(24(45)46)1-2-19(20)22-11-28(26(49)50,27(51)52)23(25(47)48)10-21(22)14-5-17(31(39,40)41)9-18(6-14)32(42,43)44/h1-11,23H,(H,45,46)(H,47,48)(H,49,50)(H,51,52). The SMILES string of the molecule is O=C(O)c1ccc(C2=CC(C(=O)O)(C(=O)O)C(C(=O)O)C=C2c2cc(C(F)(F)F)cc(C(F)(F)F)c2)c(-c2cc(C(F)(F)F)cc(C(F)(F)F)c2)c1. The van der Waals surface area contributed by atoms with Crippen molar-refractivity contribution in [2.45, 2.75) is 24.7 Å². The topological polar surface area (TPSA) is 149 Å². The molecule has 0 amide bonds. The van der Waals surface area contributed by atoms with E-state index >= 15 is 0 Å². The molecule has 8 nitrogen and oxygen atoms in total. The maximum absolute atomic E-state index is 13.8. The van der Waals surface area contributed by atoms with E-state index in [0.717, 1.165) is 0 Å². The lowest BCUT2D eigenvalue weighted by atomic mass is 9.67. The molecular formula is C32H16F12O8. The molecule has 0 saturated carbocycles. The van der Waals surface area contributed by atoms with Crippen molar-refractivity contribution >= 4 is 35.0 Å². The molecule has 4 N–H and O–H groups in total. The average Bonchev–Trinajstić information content (AvgIpc) is 3.01. The highest BCUT2D eigenvalue weighted by molar-refractivity contribution is 6.16. The van der Waals surface area contributed by atoms with Gasteiger partial charge in [0.15, 0.2) is 5.41 Å². The van der Waals surface area contributed by atoms with E-state index in [4.69, 9.17) is 0 Å². The van der Waals surface area contributed by atoms with Crippen LogP contribution in [0.2, 0.25) is 0 Å². The van der Waals surface area contributed by atoms with Crippen molar-refractivity contribution in [3.63, 3.8) is 0 Å². The van der Waals surface area contributed by atoms with Crippen molar-refractivity contribution in [2.24, 2.45) is 11.3 Å². The molecule has 1 aliphatic carbocycles. The highest BCUT2D eigenvalue weighted by atomic mass is 19.4. The molecule has 276 valence electrons. The monoisotopic (exact) mass is 756 g/mol. The summed E-state index contributed by atoms with van der Waals surface area (Å²) >= 11 is 0. The Labute approximate surface area is 280 Å². The number of hydrogen-bond donors (Lipinski definition) is 4. The Kier molecular flexibility index (Phi) is 9.55. The average molecular weight is 756 g/mol. The first-order valence-corrected chi connectivity index (χ1v) is 13.7. The second-order valence-electron chi connectivity index (χ2n) is 11.1. The zero-order valence-corrected chi connectivity index (χ0v) is 24.9. The molecule has 3 aromatic carbocycles. The number of halogens is 12. The van der Waals surface area contributed by atoms with Gasteiger partial charge < -0.3 is 20.4 Å². The zero-order chi connectivity index (χ0) is 39.5. The summed E-state index contributed by atoms with van der Waals surface area (Å²) in [5, 5.41) is 39.5. The summed E-state index contributed by atoms with van der Waals surface area (Å²) in [4.78, 5) is 49.1. The van der Waals surface area contributed by atoms with Crippen LogP contribution in [0.1, 0.15) is 43.7 Å². The predicted octanol–water partition coefficient (Wildman–Crippen LogP) is 8.46. The number of alkyl halides is 12. The summed E-state index contributed by atoms with van der Waals surface area (Å²) in [5.41, 5.74) is -19.1. The molecule has 0 saturated heterocycles. The van der Waals surface area contributed by atoms with Crippen molar-refractivity contribution in [3.05, 3.63) is 106 Å². The van der Waals surface area contributed by atoms with Crippen LogP contribution >= 0.6 is 0 Å². The second kappa shape index (κ2) is 12.7. The van der Waals surface area contributed by atoms with Crippen LogP contribution in [-0.2, 0) is 39.1 Å². The summed E-state index contributed by atoms with van der Waals surface area (Å²) in [6.45, 7) is 0. The molecule has 0 aromatic heterocycles. The highest BCUT2D eigenvalue weighted by Crippen LogP contribution is 2.50. The number of allylic oxidation sites excluding steroid dienone is 2. The molecule has 1 aliphatic rings. The van der Waals surface area contributed by atoms with Crippen molar-refractivity contribution < 1.29 is 92.3 Å². The number of carboxylic acids is 4. The number of rotatable bonds is 7. The third-order valence-corrected chi connectivity index (χ3v) is 7.81. The molecule has 0 heterocycles. The van der Waals surface area contributed by atoms with Crippen molar-refractivity contribution in [3.8, 4) is 11.1 Å². The van der Waals surface area contributed by atoms with Crippen LogP contribution in [0, 0.1) is 11.3 Å². The summed E-state index contributed by atoms with van der Waals surface area (Å²) < 4.78 is 166. The Morgan fingerprint density at radius 2 is 0.923 bits per heavy atom. The van der Waals surface area contributed by atoms with Gasteiger partial charge in [-0.25, -0.2) is 4.79 Å². The van der Waals surface area contributed by atoms with Crippen LogP contribution < -0.4 is 0 Å². The molecule has 20 heteroatoms. The third-order valence-electron chi connectivity index (χ3n) is 7.81. The molecule has 0 fully saturated rings. The maximum atomic E-state index is 13.8. The Bertz CT molecular complexity index is 1990. The fourth-order valence-corrected chi connectivity index (χ4v) is 5.38. The number of carbonyl (C=O) groups is 4. The van der Waals surface area contributed by atoms with Gasteiger partial charge in [0.05, 0.1) is 27.8 Å². The number of aromatic carboxylic acids is 1. The van der Waals surface area contributed by atoms with E-state index in [0.29, 0.717) is 18.2 Å². The quantitative estimate of drug-likeness (QED) is 0.139. The maximum Gasteiger partial charge on any atom is 0.416 e. The molecule has 1 unspecified atom stereocenters.